The van der Waals surface area contributed by atoms with Gasteiger partial charge >= 0.3 is 0 Å². The van der Waals surface area contributed by atoms with Crippen molar-refractivity contribution in [1.29, 1.82) is 0 Å². The summed E-state index contributed by atoms with van der Waals surface area (Å²) in [6.07, 6.45) is 1.02. The first-order valence-electron chi connectivity index (χ1n) is 3.93. The van der Waals surface area contributed by atoms with Crippen molar-refractivity contribution in [3.8, 4) is 0 Å². The van der Waals surface area contributed by atoms with Crippen LogP contribution in [0, 0.1) is 5.41 Å². The van der Waals surface area contributed by atoms with Gasteiger partial charge in [0.2, 0.25) is 0 Å². The van der Waals surface area contributed by atoms with E-state index >= 15 is 0 Å². The highest BCUT2D eigenvalue weighted by molar-refractivity contribution is 8.04. The smallest absolute Gasteiger partial charge is 0.0349 e. The van der Waals surface area contributed by atoms with Gasteiger partial charge in [0, 0.05) is 5.25 Å². The van der Waals surface area contributed by atoms with Gasteiger partial charge in [-0.3, -0.25) is 0 Å². The molecular weight excluding hydrogens is 152 g/mol. The maximum atomic E-state index is 4.07. The van der Waals surface area contributed by atoms with Crippen LogP contribution in [-0.2, 0) is 0 Å². The molecule has 1 fully saturated rings. The van der Waals surface area contributed by atoms with E-state index in [4.69, 9.17) is 0 Å². The van der Waals surface area contributed by atoms with Crippen molar-refractivity contribution < 1.29 is 0 Å². The standard InChI is InChI=1S/C10H16S/c1-7-6-8(2)11-9(7)10(3,4)5/h9H,1-2,6H2,3-5H3. The van der Waals surface area contributed by atoms with Gasteiger partial charge in [-0.1, -0.05) is 39.5 Å². The predicted molar refractivity (Wildman–Crippen MR) is 53.7 cm³/mol. The SMILES string of the molecule is C=C1CC(=C)C(C(C)(C)C)S1. The van der Waals surface area contributed by atoms with Crippen molar-refractivity contribution in [2.75, 3.05) is 0 Å². The van der Waals surface area contributed by atoms with E-state index < -0.39 is 0 Å². The normalized spacial score (nSPS) is 26.3. The summed E-state index contributed by atoms with van der Waals surface area (Å²) in [5.74, 6) is 0. The molecule has 0 radical (unpaired) electrons. The van der Waals surface area contributed by atoms with E-state index in [9.17, 15) is 0 Å². The molecule has 11 heavy (non-hydrogen) atoms. The van der Waals surface area contributed by atoms with Crippen molar-refractivity contribution in [1.82, 2.24) is 0 Å². The Kier molecular flexibility index (Phi) is 2.19. The molecule has 0 bridgehead atoms. The van der Waals surface area contributed by atoms with Gasteiger partial charge in [-0.15, -0.1) is 11.8 Å². The molecule has 0 nitrogen and oxygen atoms in total. The highest BCUT2D eigenvalue weighted by Gasteiger charge is 2.32. The Hall–Kier alpha value is -0.170. The van der Waals surface area contributed by atoms with Crippen LogP contribution in [0.2, 0.25) is 0 Å². The van der Waals surface area contributed by atoms with Crippen LogP contribution >= 0.6 is 11.8 Å². The molecule has 62 valence electrons. The molecular formula is C10H16S. The zero-order chi connectivity index (χ0) is 8.65. The summed E-state index contributed by atoms with van der Waals surface area (Å²) in [7, 11) is 0. The first-order chi connectivity index (χ1) is 4.91. The maximum absolute atomic E-state index is 4.07. The lowest BCUT2D eigenvalue weighted by Gasteiger charge is -2.26. The Morgan fingerprint density at radius 2 is 1.91 bits per heavy atom. The third kappa shape index (κ3) is 1.90. The third-order valence-corrected chi connectivity index (χ3v) is 3.62. The van der Waals surface area contributed by atoms with E-state index in [2.05, 4.69) is 33.9 Å². The summed E-state index contributed by atoms with van der Waals surface area (Å²) in [6, 6.07) is 0. The Balaban J connectivity index is 2.76. The molecule has 0 aromatic heterocycles. The molecule has 1 aliphatic heterocycles. The summed E-state index contributed by atoms with van der Waals surface area (Å²) in [5, 5.41) is 0.579. The maximum Gasteiger partial charge on any atom is 0.0349 e. The van der Waals surface area contributed by atoms with Gasteiger partial charge in [-0.2, -0.15) is 0 Å². The van der Waals surface area contributed by atoms with Crippen molar-refractivity contribution >= 4 is 11.8 Å². The average Bonchev–Trinajstić information content (AvgIpc) is 2.08. The van der Waals surface area contributed by atoms with Crippen LogP contribution in [0.1, 0.15) is 27.2 Å². The lowest BCUT2D eigenvalue weighted by atomic mass is 9.87. The van der Waals surface area contributed by atoms with Crippen molar-refractivity contribution in [2.45, 2.75) is 32.4 Å². The first-order valence-corrected chi connectivity index (χ1v) is 4.81. The zero-order valence-corrected chi connectivity index (χ0v) is 8.42. The molecule has 0 aliphatic carbocycles. The van der Waals surface area contributed by atoms with Crippen molar-refractivity contribution in [3.63, 3.8) is 0 Å². The highest BCUT2D eigenvalue weighted by Crippen LogP contribution is 2.47. The molecule has 1 atom stereocenters. The molecule has 1 unspecified atom stereocenters. The molecule has 0 spiro atoms. The Morgan fingerprint density at radius 1 is 1.36 bits per heavy atom. The minimum absolute atomic E-state index is 0.335. The Bertz CT molecular complexity index is 195. The summed E-state index contributed by atoms with van der Waals surface area (Å²) in [5.41, 5.74) is 1.67. The minimum atomic E-state index is 0.335. The predicted octanol–water partition coefficient (Wildman–Crippen LogP) is 3.61. The van der Waals surface area contributed by atoms with Crippen LogP contribution in [0.15, 0.2) is 23.6 Å². The molecule has 1 rings (SSSR count). The molecule has 0 saturated carbocycles. The van der Waals surface area contributed by atoms with E-state index in [1.54, 1.807) is 0 Å². The van der Waals surface area contributed by atoms with Crippen molar-refractivity contribution in [2.24, 2.45) is 5.41 Å². The second-order valence-corrected chi connectivity index (χ2v) is 5.52. The molecule has 0 aromatic rings. The number of allylic oxidation sites excluding steroid dienone is 1. The number of rotatable bonds is 0. The van der Waals surface area contributed by atoms with E-state index in [-0.39, 0.29) is 0 Å². The fourth-order valence-electron chi connectivity index (χ4n) is 1.43. The van der Waals surface area contributed by atoms with Gasteiger partial charge in [0.15, 0.2) is 0 Å². The lowest BCUT2D eigenvalue weighted by Crippen LogP contribution is -2.21. The largest absolute Gasteiger partial charge is 0.122 e. The second-order valence-electron chi connectivity index (χ2n) is 4.24. The fourth-order valence-corrected chi connectivity index (χ4v) is 2.63. The molecule has 1 heterocycles. The number of hydrogen-bond acceptors (Lipinski definition) is 1. The minimum Gasteiger partial charge on any atom is -0.122 e. The van der Waals surface area contributed by atoms with Crippen LogP contribution in [-0.4, -0.2) is 5.25 Å². The molecule has 1 saturated heterocycles. The Morgan fingerprint density at radius 3 is 2.09 bits per heavy atom. The van der Waals surface area contributed by atoms with Crippen LogP contribution < -0.4 is 0 Å². The topological polar surface area (TPSA) is 0 Å². The number of hydrogen-bond donors (Lipinski definition) is 0. The van der Waals surface area contributed by atoms with Gasteiger partial charge in [-0.25, -0.2) is 0 Å². The Labute approximate surface area is 73.8 Å². The van der Waals surface area contributed by atoms with Gasteiger partial charge in [0.05, 0.1) is 0 Å². The molecule has 0 N–H and O–H groups in total. The van der Waals surface area contributed by atoms with Crippen LogP contribution in [0.4, 0.5) is 0 Å². The lowest BCUT2D eigenvalue weighted by molar-refractivity contribution is 0.424. The number of thioether (sulfide) groups is 1. The monoisotopic (exact) mass is 168 g/mol. The van der Waals surface area contributed by atoms with E-state index in [1.807, 2.05) is 11.8 Å². The molecule has 0 aromatic carbocycles. The van der Waals surface area contributed by atoms with Crippen LogP contribution in [0.25, 0.3) is 0 Å². The van der Waals surface area contributed by atoms with E-state index in [1.165, 1.54) is 10.5 Å². The summed E-state index contributed by atoms with van der Waals surface area (Å²) in [6.45, 7) is 14.8. The second kappa shape index (κ2) is 2.71. The first kappa shape index (κ1) is 8.92. The van der Waals surface area contributed by atoms with Crippen LogP contribution in [0.3, 0.4) is 0 Å². The zero-order valence-electron chi connectivity index (χ0n) is 7.61. The average molecular weight is 168 g/mol. The van der Waals surface area contributed by atoms with Gasteiger partial charge in [-0.05, 0) is 16.7 Å². The third-order valence-electron chi connectivity index (χ3n) is 1.87. The summed E-state index contributed by atoms with van der Waals surface area (Å²) >= 11 is 1.89. The van der Waals surface area contributed by atoms with Crippen molar-refractivity contribution in [3.05, 3.63) is 23.6 Å². The van der Waals surface area contributed by atoms with Gasteiger partial charge in [0.1, 0.15) is 0 Å². The van der Waals surface area contributed by atoms with E-state index in [0.29, 0.717) is 10.7 Å². The molecule has 1 heteroatoms. The fraction of sp³-hybridized carbons (Fsp3) is 0.600. The molecule has 1 aliphatic rings. The summed E-state index contributed by atoms with van der Waals surface area (Å²) in [4.78, 5) is 1.27. The van der Waals surface area contributed by atoms with Gasteiger partial charge < -0.3 is 0 Å². The highest BCUT2D eigenvalue weighted by atomic mass is 32.2. The quantitative estimate of drug-likeness (QED) is 0.498. The van der Waals surface area contributed by atoms with Crippen LogP contribution in [0.5, 0.6) is 0 Å². The summed E-state index contributed by atoms with van der Waals surface area (Å²) < 4.78 is 0. The van der Waals surface area contributed by atoms with E-state index in [0.717, 1.165) is 6.42 Å². The van der Waals surface area contributed by atoms with Gasteiger partial charge in [0.25, 0.3) is 0 Å². The molecule has 0 amide bonds.